The Labute approximate surface area is 180 Å². The van der Waals surface area contributed by atoms with E-state index in [9.17, 15) is 4.79 Å². The predicted molar refractivity (Wildman–Crippen MR) is 123 cm³/mol. The fourth-order valence-corrected chi connectivity index (χ4v) is 4.19. The Balaban J connectivity index is 1.68. The minimum absolute atomic E-state index is 0.0208. The SMILES string of the molecule is CC(C)(C)NC(=O)C1=CCCCCc2ccc(-c3cncc(CN4CCC4)c3)cc21. The fraction of sp³-hybridized carbons (Fsp3) is 0.462. The zero-order valence-electron chi connectivity index (χ0n) is 18.5. The first-order valence-corrected chi connectivity index (χ1v) is 11.2. The van der Waals surface area contributed by atoms with E-state index in [1.54, 1.807) is 0 Å². The normalized spacial score (nSPS) is 17.2. The number of pyridine rings is 1. The molecule has 1 aromatic heterocycles. The van der Waals surface area contributed by atoms with Crippen molar-refractivity contribution in [1.82, 2.24) is 15.2 Å². The lowest BCUT2D eigenvalue weighted by molar-refractivity contribution is -0.116. The summed E-state index contributed by atoms with van der Waals surface area (Å²) < 4.78 is 0. The van der Waals surface area contributed by atoms with Gasteiger partial charge in [0.2, 0.25) is 0 Å². The van der Waals surface area contributed by atoms with Gasteiger partial charge in [0.05, 0.1) is 0 Å². The molecule has 0 atom stereocenters. The average Bonchev–Trinajstić information content (AvgIpc) is 2.64. The van der Waals surface area contributed by atoms with Crippen LogP contribution in [-0.2, 0) is 17.8 Å². The van der Waals surface area contributed by atoms with E-state index in [-0.39, 0.29) is 11.4 Å². The molecule has 4 nitrogen and oxygen atoms in total. The van der Waals surface area contributed by atoms with Crippen molar-refractivity contribution in [3.8, 4) is 11.1 Å². The molecule has 0 saturated carbocycles. The number of likely N-dealkylation sites (tertiary alicyclic amines) is 1. The molecule has 0 unspecified atom stereocenters. The van der Waals surface area contributed by atoms with Crippen LogP contribution < -0.4 is 5.32 Å². The molecule has 4 rings (SSSR count). The largest absolute Gasteiger partial charge is 0.347 e. The van der Waals surface area contributed by atoms with Gasteiger partial charge in [-0.25, -0.2) is 0 Å². The van der Waals surface area contributed by atoms with Gasteiger partial charge in [-0.2, -0.15) is 0 Å². The van der Waals surface area contributed by atoms with Gasteiger partial charge in [0.25, 0.3) is 5.91 Å². The lowest BCUT2D eigenvalue weighted by Gasteiger charge is -2.30. The Morgan fingerprint density at radius 2 is 1.90 bits per heavy atom. The first-order valence-electron chi connectivity index (χ1n) is 11.2. The summed E-state index contributed by atoms with van der Waals surface area (Å²) >= 11 is 0. The van der Waals surface area contributed by atoms with Crippen LogP contribution in [0.15, 0.2) is 42.7 Å². The van der Waals surface area contributed by atoms with E-state index in [4.69, 9.17) is 0 Å². The molecule has 2 aromatic rings. The van der Waals surface area contributed by atoms with Gasteiger partial charge in [-0.3, -0.25) is 14.7 Å². The zero-order valence-corrected chi connectivity index (χ0v) is 18.5. The summed E-state index contributed by atoms with van der Waals surface area (Å²) in [5.41, 5.74) is 6.38. The van der Waals surface area contributed by atoms with E-state index in [2.05, 4.69) is 45.5 Å². The maximum Gasteiger partial charge on any atom is 0.251 e. The number of hydrogen-bond acceptors (Lipinski definition) is 3. The van der Waals surface area contributed by atoms with Crippen molar-refractivity contribution >= 4 is 11.5 Å². The van der Waals surface area contributed by atoms with Gasteiger partial charge in [-0.05, 0) is 100 Å². The van der Waals surface area contributed by atoms with E-state index >= 15 is 0 Å². The van der Waals surface area contributed by atoms with Gasteiger partial charge >= 0.3 is 0 Å². The number of amides is 1. The molecule has 0 radical (unpaired) electrons. The number of hydrogen-bond donors (Lipinski definition) is 1. The molecule has 0 spiro atoms. The molecule has 2 aliphatic rings. The topological polar surface area (TPSA) is 45.2 Å². The number of benzene rings is 1. The third-order valence-corrected chi connectivity index (χ3v) is 5.86. The van der Waals surface area contributed by atoms with Crippen LogP contribution in [0.3, 0.4) is 0 Å². The van der Waals surface area contributed by atoms with E-state index in [1.807, 2.05) is 33.2 Å². The minimum atomic E-state index is -0.257. The molecule has 1 fully saturated rings. The molecule has 158 valence electrons. The number of carbonyl (C=O) groups is 1. The van der Waals surface area contributed by atoms with E-state index in [0.29, 0.717) is 0 Å². The fourth-order valence-electron chi connectivity index (χ4n) is 4.19. The van der Waals surface area contributed by atoms with Gasteiger partial charge in [-0.1, -0.05) is 18.2 Å². The highest BCUT2D eigenvalue weighted by atomic mass is 16.1. The molecule has 1 aliphatic heterocycles. The number of carbonyl (C=O) groups excluding carboxylic acids is 1. The van der Waals surface area contributed by atoms with Crippen LogP contribution in [0, 0.1) is 0 Å². The summed E-state index contributed by atoms with van der Waals surface area (Å²) in [7, 11) is 0. The van der Waals surface area contributed by atoms with Gasteiger partial charge in [-0.15, -0.1) is 0 Å². The molecule has 1 saturated heterocycles. The van der Waals surface area contributed by atoms with Gasteiger partial charge < -0.3 is 5.32 Å². The number of rotatable bonds is 4. The summed E-state index contributed by atoms with van der Waals surface area (Å²) in [4.78, 5) is 20.1. The quantitative estimate of drug-likeness (QED) is 0.783. The number of allylic oxidation sites excluding steroid dienone is 1. The van der Waals surface area contributed by atoms with Crippen LogP contribution in [0.2, 0.25) is 0 Å². The van der Waals surface area contributed by atoms with Crippen molar-refractivity contribution < 1.29 is 4.79 Å². The Bertz CT molecular complexity index is 951. The Hall–Kier alpha value is -2.46. The molecular weight excluding hydrogens is 370 g/mol. The zero-order chi connectivity index (χ0) is 21.1. The van der Waals surface area contributed by atoms with Crippen LogP contribution in [0.4, 0.5) is 0 Å². The summed E-state index contributed by atoms with van der Waals surface area (Å²) in [6.07, 6.45) is 11.6. The third-order valence-electron chi connectivity index (χ3n) is 5.86. The van der Waals surface area contributed by atoms with Crippen LogP contribution in [0.25, 0.3) is 16.7 Å². The minimum Gasteiger partial charge on any atom is -0.347 e. The third kappa shape index (κ3) is 4.99. The second kappa shape index (κ2) is 8.73. The maximum absolute atomic E-state index is 13.1. The van der Waals surface area contributed by atoms with Gasteiger partial charge in [0.15, 0.2) is 0 Å². The molecule has 1 N–H and O–H groups in total. The van der Waals surface area contributed by atoms with Crippen molar-refractivity contribution in [3.63, 3.8) is 0 Å². The molecular formula is C26H33N3O. The highest BCUT2D eigenvalue weighted by Crippen LogP contribution is 2.31. The standard InChI is InChI=1S/C26H33N3O/c1-26(2,3)28-25(30)23-9-6-4-5-8-20-10-11-21(15-24(20)23)22-14-19(16-27-17-22)18-29-12-7-13-29/h9-11,14-17H,4-8,12-13,18H2,1-3H3,(H,28,30). The summed E-state index contributed by atoms with van der Waals surface area (Å²) in [6.45, 7) is 9.41. The first-order chi connectivity index (χ1) is 14.4. The first kappa shape index (κ1) is 20.8. The number of fused-ring (bicyclic) bond motifs is 1. The molecule has 0 bridgehead atoms. The summed E-state index contributed by atoms with van der Waals surface area (Å²) in [6, 6.07) is 8.83. The number of aromatic nitrogens is 1. The van der Waals surface area contributed by atoms with Crippen molar-refractivity contribution in [2.45, 2.75) is 65.0 Å². The van der Waals surface area contributed by atoms with Crippen LogP contribution in [-0.4, -0.2) is 34.4 Å². The van der Waals surface area contributed by atoms with Crippen LogP contribution in [0.1, 0.15) is 63.1 Å². The van der Waals surface area contributed by atoms with Crippen molar-refractivity contribution in [2.24, 2.45) is 0 Å². The molecule has 2 heterocycles. The highest BCUT2D eigenvalue weighted by molar-refractivity contribution is 6.20. The summed E-state index contributed by atoms with van der Waals surface area (Å²) in [5, 5.41) is 3.16. The van der Waals surface area contributed by atoms with E-state index in [0.717, 1.165) is 54.5 Å². The molecule has 1 amide bonds. The lowest BCUT2D eigenvalue weighted by Crippen LogP contribution is -2.41. The number of nitrogens with zero attached hydrogens (tertiary/aromatic N) is 2. The molecule has 1 aromatic carbocycles. The molecule has 4 heteroatoms. The smallest absolute Gasteiger partial charge is 0.251 e. The maximum atomic E-state index is 13.1. The van der Waals surface area contributed by atoms with Crippen LogP contribution >= 0.6 is 0 Å². The average molecular weight is 404 g/mol. The van der Waals surface area contributed by atoms with Crippen molar-refractivity contribution in [1.29, 1.82) is 0 Å². The second-order valence-electron chi connectivity index (χ2n) is 9.65. The van der Waals surface area contributed by atoms with Crippen molar-refractivity contribution in [2.75, 3.05) is 13.1 Å². The highest BCUT2D eigenvalue weighted by Gasteiger charge is 2.22. The Morgan fingerprint density at radius 1 is 1.07 bits per heavy atom. The monoisotopic (exact) mass is 403 g/mol. The predicted octanol–water partition coefficient (Wildman–Crippen LogP) is 4.98. The lowest BCUT2D eigenvalue weighted by atomic mass is 9.88. The molecule has 1 aliphatic carbocycles. The van der Waals surface area contributed by atoms with Crippen molar-refractivity contribution in [3.05, 3.63) is 59.4 Å². The molecule has 30 heavy (non-hydrogen) atoms. The number of aryl methyl sites for hydroxylation is 1. The van der Waals surface area contributed by atoms with Gasteiger partial charge in [0.1, 0.15) is 0 Å². The Morgan fingerprint density at radius 3 is 2.63 bits per heavy atom. The van der Waals surface area contributed by atoms with E-state index < -0.39 is 0 Å². The van der Waals surface area contributed by atoms with Gasteiger partial charge in [0, 0.05) is 35.6 Å². The Kier molecular flexibility index (Phi) is 6.05. The van der Waals surface area contributed by atoms with E-state index in [1.165, 1.54) is 30.6 Å². The summed E-state index contributed by atoms with van der Waals surface area (Å²) in [5.74, 6) is 0.0208. The number of nitrogens with one attached hydrogen (secondary N) is 1. The second-order valence-corrected chi connectivity index (χ2v) is 9.65. The van der Waals surface area contributed by atoms with Crippen LogP contribution in [0.5, 0.6) is 0 Å².